The first-order chi connectivity index (χ1) is 11.6. The highest BCUT2D eigenvalue weighted by molar-refractivity contribution is 6.74. The van der Waals surface area contributed by atoms with Gasteiger partial charge in [-0.15, -0.1) is 0 Å². The fraction of sp³-hybridized carbons (Fsp3) is 0.950. The van der Waals surface area contributed by atoms with Crippen LogP contribution in [0.2, 0.25) is 18.1 Å². The van der Waals surface area contributed by atoms with Crippen molar-refractivity contribution in [2.45, 2.75) is 90.5 Å². The van der Waals surface area contributed by atoms with Gasteiger partial charge in [-0.1, -0.05) is 41.0 Å². The molecular weight excluding hydrogens is 325 g/mol. The van der Waals surface area contributed by atoms with Crippen molar-refractivity contribution in [3.63, 3.8) is 0 Å². The molecule has 3 nitrogen and oxygen atoms in total. The van der Waals surface area contributed by atoms with Crippen LogP contribution in [-0.4, -0.2) is 45.4 Å². The molecule has 2 aliphatic carbocycles. The van der Waals surface area contributed by atoms with Crippen molar-refractivity contribution in [2.24, 2.45) is 23.2 Å². The molecule has 2 saturated carbocycles. The maximum absolute atomic E-state index is 11.4. The van der Waals surface area contributed by atoms with Crippen LogP contribution in [0.5, 0.6) is 0 Å². The molecule has 1 aliphatic heterocycles. The highest BCUT2D eigenvalue weighted by Gasteiger charge is 2.66. The Morgan fingerprint density at radius 3 is 2.60 bits per heavy atom. The molecule has 5 unspecified atom stereocenters. The second-order valence-electron chi connectivity index (χ2n) is 10.5. The Labute approximate surface area is 156 Å². The number of carbonyl (C=O) groups excluding carboxylic acids is 1. The first kappa shape index (κ1) is 19.6. The van der Waals surface area contributed by atoms with Gasteiger partial charge in [-0.05, 0) is 60.6 Å². The van der Waals surface area contributed by atoms with Crippen molar-refractivity contribution in [3.05, 3.63) is 0 Å². The van der Waals surface area contributed by atoms with Crippen molar-refractivity contribution in [1.82, 2.24) is 4.81 Å². The molecule has 1 heterocycles. The summed E-state index contributed by atoms with van der Waals surface area (Å²) in [6, 6.07) is 0.931. The molecule has 0 N–H and O–H groups in total. The van der Waals surface area contributed by atoms with Crippen LogP contribution in [0.4, 0.5) is 0 Å². The maximum Gasteiger partial charge on any atom is 0.293 e. The minimum atomic E-state index is -1.78. The SMILES string of the molecule is CC1CC(C)C23CCCC2N([B]C=O)[C@H](CO[Si](C)(C)C(C)(C)C)C13. The number of hydrogen-bond donors (Lipinski definition) is 0. The van der Waals surface area contributed by atoms with Gasteiger partial charge in [-0.25, -0.2) is 0 Å². The molecule has 5 heteroatoms. The van der Waals surface area contributed by atoms with Crippen LogP contribution in [0, 0.1) is 23.2 Å². The van der Waals surface area contributed by atoms with Crippen LogP contribution < -0.4 is 0 Å². The zero-order valence-corrected chi connectivity index (χ0v) is 18.3. The number of hydrogen-bond acceptors (Lipinski definition) is 3. The summed E-state index contributed by atoms with van der Waals surface area (Å²) in [6.07, 6.45) is 6.24. The third-order valence-corrected chi connectivity index (χ3v) is 12.9. The fourth-order valence-corrected chi connectivity index (χ4v) is 7.37. The monoisotopic (exact) mass is 362 g/mol. The smallest absolute Gasteiger partial charge is 0.293 e. The van der Waals surface area contributed by atoms with E-state index < -0.39 is 8.32 Å². The van der Waals surface area contributed by atoms with Gasteiger partial charge in [0.05, 0.1) is 6.19 Å². The van der Waals surface area contributed by atoms with E-state index in [1.54, 1.807) is 0 Å². The van der Waals surface area contributed by atoms with Crippen molar-refractivity contribution in [1.29, 1.82) is 0 Å². The van der Waals surface area contributed by atoms with E-state index in [1.165, 1.54) is 25.7 Å². The van der Waals surface area contributed by atoms with Gasteiger partial charge in [0.15, 0.2) is 8.32 Å². The molecule has 0 aromatic rings. The summed E-state index contributed by atoms with van der Waals surface area (Å²) in [5.74, 6) is 2.17. The summed E-state index contributed by atoms with van der Waals surface area (Å²) >= 11 is 0. The van der Waals surface area contributed by atoms with Gasteiger partial charge in [0.2, 0.25) is 0 Å². The normalized spacial score (nSPS) is 41.6. The molecule has 1 radical (unpaired) electrons. The molecule has 0 amide bonds. The average molecular weight is 362 g/mol. The molecule has 0 aromatic heterocycles. The van der Waals surface area contributed by atoms with Gasteiger partial charge in [-0.3, -0.25) is 0 Å². The number of carbonyl (C=O) groups is 1. The molecule has 0 bridgehead atoms. The van der Waals surface area contributed by atoms with Crippen molar-refractivity contribution >= 4 is 21.9 Å². The van der Waals surface area contributed by atoms with Crippen LogP contribution in [0.1, 0.15) is 60.3 Å². The standard InChI is InChI=1S/C20H37BNO2Si/c1-14-11-15(2)20-10-8-9-17(20)22(21-13-23)16(18(14)20)12-24-25(6,7)19(3,4)5/h13-18H,8-12H2,1-7H3/t14?,15?,16-,17?,18?,20?/m1/s1. The second kappa shape index (κ2) is 6.49. The van der Waals surface area contributed by atoms with E-state index in [-0.39, 0.29) is 5.04 Å². The van der Waals surface area contributed by atoms with E-state index in [2.05, 4.69) is 52.5 Å². The molecule has 141 valence electrons. The molecule has 6 atom stereocenters. The van der Waals surface area contributed by atoms with Crippen molar-refractivity contribution in [3.8, 4) is 0 Å². The average Bonchev–Trinajstić information content (AvgIpc) is 3.08. The van der Waals surface area contributed by atoms with Crippen LogP contribution in [0.3, 0.4) is 0 Å². The van der Waals surface area contributed by atoms with Crippen LogP contribution in [-0.2, 0) is 9.22 Å². The van der Waals surface area contributed by atoms with Crippen molar-refractivity contribution in [2.75, 3.05) is 6.61 Å². The summed E-state index contributed by atoms with van der Waals surface area (Å²) < 4.78 is 6.67. The topological polar surface area (TPSA) is 29.5 Å². The van der Waals surface area contributed by atoms with E-state index in [4.69, 9.17) is 4.43 Å². The van der Waals surface area contributed by atoms with Crippen LogP contribution >= 0.6 is 0 Å². The van der Waals surface area contributed by atoms with E-state index in [0.717, 1.165) is 24.6 Å². The predicted octanol–water partition coefficient (Wildman–Crippen LogP) is 4.33. The fourth-order valence-electron chi connectivity index (χ4n) is 6.35. The Balaban J connectivity index is 1.88. The summed E-state index contributed by atoms with van der Waals surface area (Å²) in [6.45, 7) is 17.3. The Hall–Kier alpha value is -0.128. The summed E-state index contributed by atoms with van der Waals surface area (Å²) in [7, 11) is 0.0671. The van der Waals surface area contributed by atoms with Gasteiger partial charge in [0.25, 0.3) is 7.41 Å². The lowest BCUT2D eigenvalue weighted by Crippen LogP contribution is -2.49. The van der Waals surface area contributed by atoms with Gasteiger partial charge >= 0.3 is 0 Å². The van der Waals surface area contributed by atoms with Gasteiger partial charge in [0.1, 0.15) is 0 Å². The number of nitrogens with zero attached hydrogens (tertiary/aromatic N) is 1. The first-order valence-corrected chi connectivity index (χ1v) is 13.2. The molecule has 3 fully saturated rings. The Kier molecular flexibility index (Phi) is 5.09. The van der Waals surface area contributed by atoms with E-state index in [9.17, 15) is 4.79 Å². The predicted molar refractivity (Wildman–Crippen MR) is 108 cm³/mol. The Bertz CT molecular complexity index is 520. The van der Waals surface area contributed by atoms with Gasteiger partial charge < -0.3 is 14.0 Å². The van der Waals surface area contributed by atoms with Crippen LogP contribution in [0.25, 0.3) is 0 Å². The minimum Gasteiger partial charge on any atom is -0.415 e. The maximum atomic E-state index is 11.4. The summed E-state index contributed by atoms with van der Waals surface area (Å²) in [4.78, 5) is 13.8. The van der Waals surface area contributed by atoms with E-state index >= 15 is 0 Å². The molecule has 0 aromatic carbocycles. The lowest BCUT2D eigenvalue weighted by atomic mass is 9.69. The third-order valence-electron chi connectivity index (χ3n) is 8.40. The molecule has 1 saturated heterocycles. The molecule has 3 aliphatic rings. The number of rotatable bonds is 5. The molecule has 1 spiro atoms. The largest absolute Gasteiger partial charge is 0.415 e. The Morgan fingerprint density at radius 1 is 1.32 bits per heavy atom. The second-order valence-corrected chi connectivity index (χ2v) is 15.3. The third kappa shape index (κ3) is 2.89. The minimum absolute atomic E-state index is 0.229. The highest BCUT2D eigenvalue weighted by Crippen LogP contribution is 2.66. The van der Waals surface area contributed by atoms with Crippen LogP contribution in [0.15, 0.2) is 0 Å². The van der Waals surface area contributed by atoms with Crippen molar-refractivity contribution < 1.29 is 9.22 Å². The molecular formula is C20H37BNO2Si. The molecule has 3 rings (SSSR count). The zero-order chi connectivity index (χ0) is 18.6. The van der Waals surface area contributed by atoms with E-state index in [0.29, 0.717) is 23.4 Å². The highest BCUT2D eigenvalue weighted by atomic mass is 28.4. The summed E-state index contributed by atoms with van der Waals surface area (Å²) in [5, 5.41) is 0.229. The van der Waals surface area contributed by atoms with E-state index in [1.807, 2.05) is 7.41 Å². The summed E-state index contributed by atoms with van der Waals surface area (Å²) in [5.41, 5.74) is 0.417. The lowest BCUT2D eigenvalue weighted by Gasteiger charge is -2.40. The van der Waals surface area contributed by atoms with Gasteiger partial charge in [0, 0.05) is 18.7 Å². The molecule has 25 heavy (non-hydrogen) atoms. The lowest BCUT2D eigenvalue weighted by molar-refractivity contribution is 0.136. The zero-order valence-electron chi connectivity index (χ0n) is 17.3. The Morgan fingerprint density at radius 2 is 2.00 bits per heavy atom. The quantitative estimate of drug-likeness (QED) is 0.538. The first-order valence-electron chi connectivity index (χ1n) is 10.3. The van der Waals surface area contributed by atoms with Gasteiger partial charge in [-0.2, -0.15) is 0 Å².